The van der Waals surface area contributed by atoms with Gasteiger partial charge in [0.05, 0.1) is 11.5 Å². The lowest BCUT2D eigenvalue weighted by Crippen LogP contribution is -2.52. The van der Waals surface area contributed by atoms with Gasteiger partial charge in [-0.3, -0.25) is 10.1 Å². The molecule has 7 nitrogen and oxygen atoms in total. The summed E-state index contributed by atoms with van der Waals surface area (Å²) in [6.07, 6.45) is -1.25. The second kappa shape index (κ2) is 5.80. The zero-order chi connectivity index (χ0) is 14.8. The molecule has 0 N–H and O–H groups in total. The van der Waals surface area contributed by atoms with Crippen molar-refractivity contribution in [1.29, 1.82) is 0 Å². The van der Waals surface area contributed by atoms with E-state index in [0.717, 1.165) is 11.8 Å². The van der Waals surface area contributed by atoms with E-state index in [4.69, 9.17) is 18.9 Å². The molecule has 3 rings (SSSR count). The third kappa shape index (κ3) is 2.63. The molecular formula is C14H15NO6. The molecule has 0 aromatic heterocycles. The SMILES string of the molecule is CO[C@H]1C([N+](=O)[O-])=CO[C@@H]2COC(c3ccccc3)O[C@H]21. The summed E-state index contributed by atoms with van der Waals surface area (Å²) in [4.78, 5) is 10.5. The highest BCUT2D eigenvalue weighted by molar-refractivity contribution is 5.17. The summed E-state index contributed by atoms with van der Waals surface area (Å²) in [5, 5.41) is 11.0. The standard InChI is InChI=1S/C14H15NO6/c1-18-12-10(15(16)17)7-19-11-8-20-14(21-13(11)12)9-5-3-2-4-6-9/h2-7,11-14H,8H2,1H3/t11-,12+,13-,14?/m1/s1. The first-order valence-electron chi connectivity index (χ1n) is 6.55. The fourth-order valence-electron chi connectivity index (χ4n) is 2.51. The molecule has 1 saturated heterocycles. The lowest BCUT2D eigenvalue weighted by atomic mass is 10.0. The van der Waals surface area contributed by atoms with Gasteiger partial charge < -0.3 is 18.9 Å². The van der Waals surface area contributed by atoms with Crippen molar-refractivity contribution < 1.29 is 23.9 Å². The summed E-state index contributed by atoms with van der Waals surface area (Å²) in [5.41, 5.74) is 0.704. The highest BCUT2D eigenvalue weighted by atomic mass is 16.7. The molecule has 7 heteroatoms. The van der Waals surface area contributed by atoms with Gasteiger partial charge >= 0.3 is 5.70 Å². The molecule has 0 bridgehead atoms. The van der Waals surface area contributed by atoms with E-state index in [9.17, 15) is 10.1 Å². The van der Waals surface area contributed by atoms with E-state index in [0.29, 0.717) is 0 Å². The number of hydrogen-bond donors (Lipinski definition) is 0. The lowest BCUT2D eigenvalue weighted by molar-refractivity contribution is -0.449. The number of benzene rings is 1. The van der Waals surface area contributed by atoms with Crippen molar-refractivity contribution in [3.8, 4) is 0 Å². The fraction of sp³-hybridized carbons (Fsp3) is 0.429. The zero-order valence-electron chi connectivity index (χ0n) is 11.4. The van der Waals surface area contributed by atoms with E-state index >= 15 is 0 Å². The highest BCUT2D eigenvalue weighted by Gasteiger charge is 2.47. The Balaban J connectivity index is 1.82. The Bertz CT molecular complexity index is 546. The van der Waals surface area contributed by atoms with Crippen LogP contribution in [0.2, 0.25) is 0 Å². The minimum Gasteiger partial charge on any atom is -0.486 e. The van der Waals surface area contributed by atoms with E-state index in [1.165, 1.54) is 7.11 Å². The minimum absolute atomic E-state index is 0.146. The van der Waals surface area contributed by atoms with Crippen LogP contribution < -0.4 is 0 Å². The number of hydrogen-bond acceptors (Lipinski definition) is 6. The molecule has 21 heavy (non-hydrogen) atoms. The van der Waals surface area contributed by atoms with Gasteiger partial charge in [-0.05, 0) is 0 Å². The molecule has 0 aliphatic carbocycles. The molecular weight excluding hydrogens is 278 g/mol. The Morgan fingerprint density at radius 3 is 2.76 bits per heavy atom. The monoisotopic (exact) mass is 293 g/mol. The van der Waals surface area contributed by atoms with Crippen molar-refractivity contribution >= 4 is 0 Å². The van der Waals surface area contributed by atoms with Crippen molar-refractivity contribution in [2.75, 3.05) is 13.7 Å². The van der Waals surface area contributed by atoms with Crippen molar-refractivity contribution in [2.45, 2.75) is 24.6 Å². The van der Waals surface area contributed by atoms with Crippen LogP contribution in [0.1, 0.15) is 11.9 Å². The molecule has 2 aliphatic rings. The molecule has 112 valence electrons. The summed E-state index contributed by atoms with van der Waals surface area (Å²) in [7, 11) is 1.42. The van der Waals surface area contributed by atoms with Crippen molar-refractivity contribution in [2.24, 2.45) is 0 Å². The first-order chi connectivity index (χ1) is 10.2. The van der Waals surface area contributed by atoms with Gasteiger partial charge in [0, 0.05) is 12.7 Å². The van der Waals surface area contributed by atoms with Gasteiger partial charge in [0.2, 0.25) is 0 Å². The van der Waals surface area contributed by atoms with Crippen LogP contribution in [0.5, 0.6) is 0 Å². The number of rotatable bonds is 3. The Kier molecular flexibility index (Phi) is 3.87. The number of methoxy groups -OCH3 is 1. The van der Waals surface area contributed by atoms with Gasteiger partial charge in [-0.15, -0.1) is 0 Å². The van der Waals surface area contributed by atoms with Crippen LogP contribution in [-0.2, 0) is 18.9 Å². The van der Waals surface area contributed by atoms with Crippen LogP contribution >= 0.6 is 0 Å². The fourth-order valence-corrected chi connectivity index (χ4v) is 2.51. The minimum atomic E-state index is -0.783. The average molecular weight is 293 g/mol. The van der Waals surface area contributed by atoms with E-state index in [1.54, 1.807) is 0 Å². The Morgan fingerprint density at radius 2 is 2.10 bits per heavy atom. The van der Waals surface area contributed by atoms with Gasteiger partial charge in [0.1, 0.15) is 6.10 Å². The third-order valence-electron chi connectivity index (χ3n) is 3.55. The average Bonchev–Trinajstić information content (AvgIpc) is 2.53. The molecule has 0 radical (unpaired) electrons. The van der Waals surface area contributed by atoms with Gasteiger partial charge in [-0.25, -0.2) is 0 Å². The predicted molar refractivity (Wildman–Crippen MR) is 70.8 cm³/mol. The number of fused-ring (bicyclic) bond motifs is 1. The van der Waals surface area contributed by atoms with Crippen LogP contribution in [0, 0.1) is 10.1 Å². The number of nitrogens with zero attached hydrogens (tertiary/aromatic N) is 1. The molecule has 2 aliphatic heterocycles. The maximum absolute atomic E-state index is 11.0. The lowest BCUT2D eigenvalue weighted by Gasteiger charge is -2.40. The molecule has 0 amide bonds. The van der Waals surface area contributed by atoms with Gasteiger partial charge in [-0.1, -0.05) is 30.3 Å². The molecule has 4 atom stereocenters. The van der Waals surface area contributed by atoms with Gasteiger partial charge in [0.25, 0.3) is 0 Å². The maximum Gasteiger partial charge on any atom is 0.311 e. The van der Waals surface area contributed by atoms with E-state index in [1.807, 2.05) is 30.3 Å². The summed E-state index contributed by atoms with van der Waals surface area (Å²) in [6, 6.07) is 9.40. The maximum atomic E-state index is 11.0. The second-order valence-electron chi connectivity index (χ2n) is 4.81. The second-order valence-corrected chi connectivity index (χ2v) is 4.81. The quantitative estimate of drug-likeness (QED) is 0.622. The predicted octanol–water partition coefficient (Wildman–Crippen LogP) is 1.63. The van der Waals surface area contributed by atoms with Crippen molar-refractivity contribution in [3.05, 3.63) is 58.0 Å². The smallest absolute Gasteiger partial charge is 0.311 e. The highest BCUT2D eigenvalue weighted by Crippen LogP contribution is 2.34. The van der Waals surface area contributed by atoms with Crippen LogP contribution in [-0.4, -0.2) is 37.0 Å². The Hall–Kier alpha value is -1.96. The van der Waals surface area contributed by atoms with Crippen LogP contribution in [0.3, 0.4) is 0 Å². The van der Waals surface area contributed by atoms with Crippen LogP contribution in [0.4, 0.5) is 0 Å². The van der Waals surface area contributed by atoms with Crippen LogP contribution in [0.25, 0.3) is 0 Å². The van der Waals surface area contributed by atoms with Crippen molar-refractivity contribution in [1.82, 2.24) is 0 Å². The summed E-state index contributed by atoms with van der Waals surface area (Å²) in [5.74, 6) is 0. The van der Waals surface area contributed by atoms with Gasteiger partial charge in [0.15, 0.2) is 24.8 Å². The summed E-state index contributed by atoms with van der Waals surface area (Å²) in [6.45, 7) is 0.283. The molecule has 1 fully saturated rings. The Morgan fingerprint density at radius 1 is 1.33 bits per heavy atom. The Labute approximate surface area is 121 Å². The largest absolute Gasteiger partial charge is 0.486 e. The number of ether oxygens (including phenoxy) is 4. The topological polar surface area (TPSA) is 80.1 Å². The molecule has 1 aromatic carbocycles. The van der Waals surface area contributed by atoms with E-state index < -0.39 is 29.5 Å². The molecule has 1 unspecified atom stereocenters. The summed E-state index contributed by atoms with van der Waals surface area (Å²) < 4.78 is 22.0. The zero-order valence-corrected chi connectivity index (χ0v) is 11.4. The third-order valence-corrected chi connectivity index (χ3v) is 3.55. The van der Waals surface area contributed by atoms with E-state index in [2.05, 4.69) is 0 Å². The normalized spacial score (nSPS) is 31.8. The molecule has 1 aromatic rings. The molecule has 0 spiro atoms. The molecule has 0 saturated carbocycles. The molecule has 2 heterocycles. The number of nitro groups is 1. The van der Waals surface area contributed by atoms with Crippen LogP contribution in [0.15, 0.2) is 42.3 Å². The van der Waals surface area contributed by atoms with E-state index in [-0.39, 0.29) is 12.3 Å². The summed E-state index contributed by atoms with van der Waals surface area (Å²) >= 11 is 0. The van der Waals surface area contributed by atoms with Crippen molar-refractivity contribution in [3.63, 3.8) is 0 Å². The van der Waals surface area contributed by atoms with Gasteiger partial charge in [-0.2, -0.15) is 0 Å². The first kappa shape index (κ1) is 14.0. The first-order valence-corrected chi connectivity index (χ1v) is 6.55.